The van der Waals surface area contributed by atoms with Gasteiger partial charge in [-0.15, -0.1) is 0 Å². The van der Waals surface area contributed by atoms with Gasteiger partial charge < -0.3 is 10.6 Å². The molecule has 0 fully saturated rings. The fourth-order valence-corrected chi connectivity index (χ4v) is 1.92. The van der Waals surface area contributed by atoms with Gasteiger partial charge in [0.2, 0.25) is 0 Å². The van der Waals surface area contributed by atoms with Crippen molar-refractivity contribution in [2.45, 2.75) is 31.9 Å². The molecule has 124 valence electrons. The largest absolute Gasteiger partial charge is 0.357 e. The van der Waals surface area contributed by atoms with Gasteiger partial charge in [0.1, 0.15) is 11.6 Å². The molecule has 0 atom stereocenters. The average Bonchev–Trinajstić information content (AvgIpc) is 2.48. The lowest BCUT2D eigenvalue weighted by Crippen LogP contribution is -2.39. The molecule has 1 rings (SSSR count). The van der Waals surface area contributed by atoms with Crippen LogP contribution in [-0.2, 0) is 6.42 Å². The molecule has 0 saturated carbocycles. The third-order valence-electron chi connectivity index (χ3n) is 3.21. The van der Waals surface area contributed by atoms with E-state index in [4.69, 9.17) is 0 Å². The van der Waals surface area contributed by atoms with Crippen molar-refractivity contribution in [3.8, 4) is 0 Å². The van der Waals surface area contributed by atoms with Gasteiger partial charge in [-0.2, -0.15) is 11.8 Å². The van der Waals surface area contributed by atoms with Gasteiger partial charge in [-0.05, 0) is 57.2 Å². The van der Waals surface area contributed by atoms with Crippen LogP contribution in [0.25, 0.3) is 0 Å². The van der Waals surface area contributed by atoms with Crippen LogP contribution in [0.15, 0.2) is 23.2 Å². The molecule has 0 saturated heterocycles. The number of aliphatic imine (C=N–C) groups is 1. The van der Waals surface area contributed by atoms with Crippen LogP contribution in [0.5, 0.6) is 0 Å². The molecule has 0 spiro atoms. The van der Waals surface area contributed by atoms with Gasteiger partial charge in [-0.1, -0.05) is 0 Å². The minimum absolute atomic E-state index is 0.0665. The summed E-state index contributed by atoms with van der Waals surface area (Å²) in [4.78, 5) is 4.53. The van der Waals surface area contributed by atoms with Crippen LogP contribution in [-0.4, -0.2) is 36.6 Å². The van der Waals surface area contributed by atoms with Crippen molar-refractivity contribution in [3.63, 3.8) is 0 Å². The molecule has 0 aliphatic heterocycles. The smallest absolute Gasteiger partial charge is 0.191 e. The van der Waals surface area contributed by atoms with E-state index in [2.05, 4.69) is 35.7 Å². The highest BCUT2D eigenvalue weighted by Crippen LogP contribution is 2.20. The lowest BCUT2D eigenvalue weighted by atomic mass is 10.1. The number of hydrogen-bond donors (Lipinski definition) is 2. The Hall–Kier alpha value is -1.30. The molecular formula is C16H25F2N3S. The summed E-state index contributed by atoms with van der Waals surface area (Å²) in [5.41, 5.74) is 0.368. The molecule has 0 unspecified atom stereocenters. The first-order chi connectivity index (χ1) is 10.4. The zero-order valence-corrected chi connectivity index (χ0v) is 14.5. The fraction of sp³-hybridized carbons (Fsp3) is 0.562. The number of hydrogen-bond acceptors (Lipinski definition) is 2. The number of halogens is 2. The Bertz CT molecular complexity index is 504. The fourth-order valence-electron chi connectivity index (χ4n) is 1.73. The number of benzene rings is 1. The Balaban J connectivity index is 2.57. The molecule has 1 aromatic rings. The van der Waals surface area contributed by atoms with E-state index < -0.39 is 5.82 Å². The van der Waals surface area contributed by atoms with Crippen LogP contribution >= 0.6 is 11.8 Å². The van der Waals surface area contributed by atoms with Gasteiger partial charge in [0.05, 0.1) is 6.54 Å². The molecule has 0 aromatic heterocycles. The third-order valence-corrected chi connectivity index (χ3v) is 4.44. The van der Waals surface area contributed by atoms with E-state index >= 15 is 0 Å². The van der Waals surface area contributed by atoms with Crippen LogP contribution in [0.2, 0.25) is 0 Å². The normalized spacial score (nSPS) is 12.4. The summed E-state index contributed by atoms with van der Waals surface area (Å²) in [6.07, 6.45) is 2.46. The predicted octanol–water partition coefficient (Wildman–Crippen LogP) is 3.20. The number of thioether (sulfide) groups is 1. The second kappa shape index (κ2) is 8.98. The first-order valence-electron chi connectivity index (χ1n) is 7.39. The Labute approximate surface area is 136 Å². The summed E-state index contributed by atoms with van der Waals surface area (Å²) < 4.78 is 26.7. The van der Waals surface area contributed by atoms with E-state index in [-0.39, 0.29) is 10.6 Å². The van der Waals surface area contributed by atoms with E-state index in [9.17, 15) is 8.78 Å². The zero-order valence-electron chi connectivity index (χ0n) is 13.7. The molecule has 0 amide bonds. The highest BCUT2D eigenvalue weighted by atomic mass is 32.2. The Morgan fingerprint density at radius 2 is 2.00 bits per heavy atom. The van der Waals surface area contributed by atoms with Gasteiger partial charge in [0.15, 0.2) is 5.96 Å². The minimum Gasteiger partial charge on any atom is -0.357 e. The van der Waals surface area contributed by atoms with E-state index in [0.717, 1.165) is 18.7 Å². The highest BCUT2D eigenvalue weighted by molar-refractivity contribution is 7.99. The average molecular weight is 329 g/mol. The van der Waals surface area contributed by atoms with Crippen LogP contribution in [0.3, 0.4) is 0 Å². The summed E-state index contributed by atoms with van der Waals surface area (Å²) in [6.45, 7) is 8.17. The quantitative estimate of drug-likeness (QED) is 0.596. The summed E-state index contributed by atoms with van der Waals surface area (Å²) >= 11 is 1.76. The number of rotatable bonds is 7. The zero-order chi connectivity index (χ0) is 16.6. The molecule has 6 heteroatoms. The molecule has 0 aliphatic rings. The molecule has 3 nitrogen and oxygen atoms in total. The van der Waals surface area contributed by atoms with E-state index in [0.29, 0.717) is 31.0 Å². The molecule has 2 N–H and O–H groups in total. The van der Waals surface area contributed by atoms with Crippen LogP contribution in [0.4, 0.5) is 8.78 Å². The van der Waals surface area contributed by atoms with Gasteiger partial charge in [-0.3, -0.25) is 4.99 Å². The summed E-state index contributed by atoms with van der Waals surface area (Å²) in [5.74, 6) is -0.103. The van der Waals surface area contributed by atoms with Gasteiger partial charge in [0, 0.05) is 17.8 Å². The van der Waals surface area contributed by atoms with Crippen molar-refractivity contribution in [2.75, 3.05) is 25.9 Å². The second-order valence-electron chi connectivity index (χ2n) is 5.57. The maximum Gasteiger partial charge on any atom is 0.191 e. The molecule has 22 heavy (non-hydrogen) atoms. The topological polar surface area (TPSA) is 36.4 Å². The van der Waals surface area contributed by atoms with E-state index in [1.165, 1.54) is 6.07 Å². The lowest BCUT2D eigenvalue weighted by Gasteiger charge is -2.20. The van der Waals surface area contributed by atoms with Crippen LogP contribution in [0, 0.1) is 11.6 Å². The van der Waals surface area contributed by atoms with Crippen molar-refractivity contribution in [1.29, 1.82) is 0 Å². The van der Waals surface area contributed by atoms with E-state index in [1.54, 1.807) is 11.8 Å². The van der Waals surface area contributed by atoms with E-state index in [1.807, 2.05) is 6.92 Å². The van der Waals surface area contributed by atoms with Gasteiger partial charge in [-0.25, -0.2) is 8.78 Å². The first kappa shape index (κ1) is 18.7. The van der Waals surface area contributed by atoms with Crippen molar-refractivity contribution < 1.29 is 8.78 Å². The molecule has 1 aromatic carbocycles. The minimum atomic E-state index is -0.418. The third kappa shape index (κ3) is 6.64. The summed E-state index contributed by atoms with van der Waals surface area (Å²) in [7, 11) is 0. The maximum atomic E-state index is 13.5. The first-order valence-corrected chi connectivity index (χ1v) is 8.61. The van der Waals surface area contributed by atoms with Crippen LogP contribution < -0.4 is 10.6 Å². The molecular weight excluding hydrogens is 304 g/mol. The summed E-state index contributed by atoms with van der Waals surface area (Å²) in [6, 6.07) is 3.52. The van der Waals surface area contributed by atoms with Crippen LogP contribution in [0.1, 0.15) is 26.3 Å². The second-order valence-corrected chi connectivity index (χ2v) is 7.08. The van der Waals surface area contributed by atoms with Crippen molar-refractivity contribution >= 4 is 17.7 Å². The Morgan fingerprint density at radius 1 is 1.27 bits per heavy atom. The standard InChI is InChI=1S/C16H25F2N3S/c1-5-19-15(21-11-16(2,3)22-4)20-9-8-12-10-13(17)6-7-14(12)18/h6-7,10H,5,8-9,11H2,1-4H3,(H2,19,20,21). The predicted molar refractivity (Wildman–Crippen MR) is 91.6 cm³/mol. The number of guanidine groups is 1. The summed E-state index contributed by atoms with van der Waals surface area (Å²) in [5, 5.41) is 6.31. The SMILES string of the molecule is CCNC(=NCC(C)(C)SC)NCCc1cc(F)ccc1F. The van der Waals surface area contributed by atoms with Gasteiger partial charge >= 0.3 is 0 Å². The molecule has 0 heterocycles. The Morgan fingerprint density at radius 3 is 2.64 bits per heavy atom. The maximum absolute atomic E-state index is 13.5. The van der Waals surface area contributed by atoms with Crippen molar-refractivity contribution in [2.24, 2.45) is 4.99 Å². The highest BCUT2D eigenvalue weighted by Gasteiger charge is 2.15. The molecule has 0 aliphatic carbocycles. The van der Waals surface area contributed by atoms with Crippen molar-refractivity contribution in [3.05, 3.63) is 35.4 Å². The molecule has 0 bridgehead atoms. The monoisotopic (exact) mass is 329 g/mol. The Kier molecular flexibility index (Phi) is 7.65. The number of nitrogens with zero attached hydrogens (tertiary/aromatic N) is 1. The van der Waals surface area contributed by atoms with Gasteiger partial charge in [0.25, 0.3) is 0 Å². The lowest BCUT2D eigenvalue weighted by molar-refractivity contribution is 0.583. The molecule has 0 radical (unpaired) electrons. The van der Waals surface area contributed by atoms with Crippen molar-refractivity contribution in [1.82, 2.24) is 10.6 Å². The number of nitrogens with one attached hydrogen (secondary N) is 2.